The highest BCUT2D eigenvalue weighted by Gasteiger charge is 2.16. The molecule has 0 bridgehead atoms. The Kier molecular flexibility index (Phi) is 5.41. The molecule has 0 amide bonds. The minimum atomic E-state index is -3.10. The van der Waals surface area contributed by atoms with Gasteiger partial charge in [-0.05, 0) is 57.5 Å². The Bertz CT molecular complexity index is 542. The normalized spacial score (nSPS) is 25.3. The van der Waals surface area contributed by atoms with Crippen LogP contribution in [0, 0.1) is 0 Å². The van der Waals surface area contributed by atoms with Crippen LogP contribution in [0.25, 0.3) is 0 Å². The first-order valence-corrected chi connectivity index (χ1v) is 9.51. The van der Waals surface area contributed by atoms with E-state index in [1.165, 1.54) is 11.8 Å². The highest BCUT2D eigenvalue weighted by atomic mass is 32.2. The van der Waals surface area contributed by atoms with Gasteiger partial charge < -0.3 is 5.32 Å². The average molecular weight is 310 g/mol. The molecule has 1 aromatic carbocycles. The molecular weight excluding hydrogens is 284 g/mol. The van der Waals surface area contributed by atoms with E-state index >= 15 is 0 Å². The molecule has 1 saturated heterocycles. The van der Waals surface area contributed by atoms with Gasteiger partial charge in [-0.2, -0.15) is 0 Å². The molecule has 0 radical (unpaired) electrons. The molecule has 0 saturated carbocycles. The SMILES string of the molecule is CC1CCN(Cc2ccc(S(C)(=O)=O)cc2)CCC(C)N1. The third-order valence-corrected chi connectivity index (χ3v) is 5.21. The van der Waals surface area contributed by atoms with Crippen LogP contribution in [-0.4, -0.2) is 44.7 Å². The summed E-state index contributed by atoms with van der Waals surface area (Å²) in [6.45, 7) is 7.52. The van der Waals surface area contributed by atoms with Gasteiger partial charge in [-0.25, -0.2) is 8.42 Å². The number of nitrogens with zero attached hydrogens (tertiary/aromatic N) is 1. The predicted molar refractivity (Wildman–Crippen MR) is 86.1 cm³/mol. The van der Waals surface area contributed by atoms with Gasteiger partial charge in [0.2, 0.25) is 0 Å². The van der Waals surface area contributed by atoms with Crippen molar-refractivity contribution in [3.63, 3.8) is 0 Å². The maximum atomic E-state index is 11.5. The molecule has 5 heteroatoms. The van der Waals surface area contributed by atoms with Crippen LogP contribution in [0.3, 0.4) is 0 Å². The summed E-state index contributed by atoms with van der Waals surface area (Å²) >= 11 is 0. The topological polar surface area (TPSA) is 49.4 Å². The van der Waals surface area contributed by atoms with Gasteiger partial charge in [0.1, 0.15) is 0 Å². The Morgan fingerprint density at radius 2 is 1.62 bits per heavy atom. The highest BCUT2D eigenvalue weighted by Crippen LogP contribution is 2.14. The van der Waals surface area contributed by atoms with E-state index in [4.69, 9.17) is 0 Å². The first-order chi connectivity index (χ1) is 9.84. The largest absolute Gasteiger partial charge is 0.312 e. The fourth-order valence-corrected chi connectivity index (χ4v) is 3.41. The van der Waals surface area contributed by atoms with Crippen molar-refractivity contribution in [2.24, 2.45) is 0 Å². The number of sulfone groups is 1. The predicted octanol–water partition coefficient (Wildman–Crippen LogP) is 2.05. The Morgan fingerprint density at radius 3 is 2.10 bits per heavy atom. The van der Waals surface area contributed by atoms with Crippen LogP contribution in [0.2, 0.25) is 0 Å². The van der Waals surface area contributed by atoms with Crippen LogP contribution in [-0.2, 0) is 16.4 Å². The first-order valence-electron chi connectivity index (χ1n) is 7.62. The molecule has 1 N–H and O–H groups in total. The fraction of sp³-hybridized carbons (Fsp3) is 0.625. The lowest BCUT2D eigenvalue weighted by Gasteiger charge is -2.30. The van der Waals surface area contributed by atoms with Crippen LogP contribution in [0.15, 0.2) is 29.2 Å². The maximum Gasteiger partial charge on any atom is 0.175 e. The number of hydrogen-bond acceptors (Lipinski definition) is 4. The Hall–Kier alpha value is -0.910. The summed E-state index contributed by atoms with van der Waals surface area (Å²) in [5, 5.41) is 3.60. The van der Waals surface area contributed by atoms with E-state index in [9.17, 15) is 8.42 Å². The standard InChI is InChI=1S/C16H26N2O2S/c1-13-8-10-18(11-9-14(2)17-13)12-15-4-6-16(7-5-15)21(3,19)20/h4-7,13-14,17H,8-12H2,1-3H3. The lowest BCUT2D eigenvalue weighted by molar-refractivity contribution is 0.212. The van der Waals surface area contributed by atoms with Gasteiger partial charge in [-0.15, -0.1) is 0 Å². The summed E-state index contributed by atoms with van der Waals surface area (Å²) in [5.74, 6) is 0. The van der Waals surface area contributed by atoms with E-state index < -0.39 is 9.84 Å². The number of hydrogen-bond donors (Lipinski definition) is 1. The van der Waals surface area contributed by atoms with E-state index in [2.05, 4.69) is 24.1 Å². The third kappa shape index (κ3) is 5.09. The summed E-state index contributed by atoms with van der Waals surface area (Å²) in [4.78, 5) is 2.86. The maximum absolute atomic E-state index is 11.5. The molecule has 21 heavy (non-hydrogen) atoms. The van der Waals surface area contributed by atoms with E-state index in [0.717, 1.165) is 32.5 Å². The van der Waals surface area contributed by atoms with Crippen molar-refractivity contribution in [3.05, 3.63) is 29.8 Å². The smallest absolute Gasteiger partial charge is 0.175 e. The summed E-state index contributed by atoms with van der Waals surface area (Å²) in [6.07, 6.45) is 3.54. The second kappa shape index (κ2) is 6.90. The lowest BCUT2D eigenvalue weighted by Crippen LogP contribution is -2.42. The zero-order valence-corrected chi connectivity index (χ0v) is 14.0. The Morgan fingerprint density at radius 1 is 1.10 bits per heavy atom. The van der Waals surface area contributed by atoms with Crippen LogP contribution in [0.1, 0.15) is 32.3 Å². The van der Waals surface area contributed by atoms with Gasteiger partial charge in [0.25, 0.3) is 0 Å². The zero-order valence-electron chi connectivity index (χ0n) is 13.2. The van der Waals surface area contributed by atoms with Gasteiger partial charge in [0, 0.05) is 24.9 Å². The highest BCUT2D eigenvalue weighted by molar-refractivity contribution is 7.90. The molecule has 1 aliphatic rings. The minimum absolute atomic E-state index is 0.394. The summed E-state index contributed by atoms with van der Waals surface area (Å²) in [6, 6.07) is 8.38. The summed E-state index contributed by atoms with van der Waals surface area (Å²) < 4.78 is 22.9. The molecule has 1 heterocycles. The van der Waals surface area contributed by atoms with E-state index in [1.54, 1.807) is 12.1 Å². The van der Waals surface area contributed by atoms with Crippen LogP contribution in [0.5, 0.6) is 0 Å². The zero-order chi connectivity index (χ0) is 15.5. The van der Waals surface area contributed by atoms with E-state index in [1.807, 2.05) is 12.1 Å². The molecule has 2 atom stereocenters. The molecule has 0 aromatic heterocycles. The molecule has 1 aromatic rings. The van der Waals surface area contributed by atoms with Crippen LogP contribution in [0.4, 0.5) is 0 Å². The molecular formula is C16H26N2O2S. The molecule has 2 rings (SSSR count). The molecule has 1 aliphatic heterocycles. The monoisotopic (exact) mass is 310 g/mol. The van der Waals surface area contributed by atoms with Crippen molar-refractivity contribution >= 4 is 9.84 Å². The van der Waals surface area contributed by atoms with Crippen LogP contribution >= 0.6 is 0 Å². The molecule has 1 fully saturated rings. The Balaban J connectivity index is 2.00. The van der Waals surface area contributed by atoms with E-state index in [-0.39, 0.29) is 0 Å². The number of rotatable bonds is 3. The second-order valence-corrected chi connectivity index (χ2v) is 8.25. The van der Waals surface area contributed by atoms with Crippen molar-refractivity contribution in [1.82, 2.24) is 10.2 Å². The van der Waals surface area contributed by atoms with Crippen LogP contribution < -0.4 is 5.32 Å². The van der Waals surface area contributed by atoms with Crippen molar-refractivity contribution in [2.45, 2.75) is 50.2 Å². The summed E-state index contributed by atoms with van der Waals surface area (Å²) in [5.41, 5.74) is 1.18. The number of nitrogens with one attached hydrogen (secondary N) is 1. The van der Waals surface area contributed by atoms with Crippen molar-refractivity contribution in [1.29, 1.82) is 0 Å². The van der Waals surface area contributed by atoms with Gasteiger partial charge in [-0.3, -0.25) is 4.90 Å². The average Bonchev–Trinajstić information content (AvgIpc) is 2.40. The fourth-order valence-electron chi connectivity index (χ4n) is 2.77. The third-order valence-electron chi connectivity index (χ3n) is 4.08. The minimum Gasteiger partial charge on any atom is -0.312 e. The van der Waals surface area contributed by atoms with Gasteiger partial charge in [-0.1, -0.05) is 12.1 Å². The van der Waals surface area contributed by atoms with E-state index in [0.29, 0.717) is 17.0 Å². The van der Waals surface area contributed by atoms with Gasteiger partial charge in [0.15, 0.2) is 9.84 Å². The molecule has 0 spiro atoms. The lowest BCUT2D eigenvalue weighted by atomic mass is 10.1. The number of benzene rings is 1. The molecule has 4 nitrogen and oxygen atoms in total. The quantitative estimate of drug-likeness (QED) is 0.928. The van der Waals surface area contributed by atoms with Crippen molar-refractivity contribution in [2.75, 3.05) is 19.3 Å². The molecule has 2 unspecified atom stereocenters. The molecule has 0 aliphatic carbocycles. The van der Waals surface area contributed by atoms with Crippen molar-refractivity contribution < 1.29 is 8.42 Å². The Labute approximate surface area is 128 Å². The molecule has 118 valence electrons. The van der Waals surface area contributed by atoms with Gasteiger partial charge in [0.05, 0.1) is 4.90 Å². The first kappa shape index (κ1) is 16.5. The second-order valence-electron chi connectivity index (χ2n) is 6.24. The van der Waals surface area contributed by atoms with Crippen molar-refractivity contribution in [3.8, 4) is 0 Å². The summed E-state index contributed by atoms with van der Waals surface area (Å²) in [7, 11) is -3.10. The van der Waals surface area contributed by atoms with Gasteiger partial charge >= 0.3 is 0 Å².